The number of nitrogens with one attached hydrogen (secondary N) is 1. The number of carbonyl (C=O) groups excluding carboxylic acids is 1. The van der Waals surface area contributed by atoms with Crippen molar-refractivity contribution in [2.24, 2.45) is 12.8 Å². The van der Waals surface area contributed by atoms with E-state index < -0.39 is 6.04 Å². The van der Waals surface area contributed by atoms with Crippen LogP contribution in [-0.4, -0.2) is 21.7 Å². The summed E-state index contributed by atoms with van der Waals surface area (Å²) in [5.74, 6) is 0.460. The molecular formula is C20H23ClN4O. The Kier molecular flexibility index (Phi) is 6.55. The summed E-state index contributed by atoms with van der Waals surface area (Å²) in [7, 11) is 1.82. The van der Waals surface area contributed by atoms with Crippen LogP contribution < -0.4 is 11.1 Å². The SMILES string of the molecule is Cc1c(-c2ccccc2)nn(C)c1NC(=O)[C@H](N)Cc1ccccc1.Cl. The quantitative estimate of drug-likeness (QED) is 0.723. The summed E-state index contributed by atoms with van der Waals surface area (Å²) >= 11 is 0. The van der Waals surface area contributed by atoms with Gasteiger partial charge in [0.1, 0.15) is 5.82 Å². The molecule has 0 bridgehead atoms. The number of nitrogens with zero attached hydrogens (tertiary/aromatic N) is 2. The van der Waals surface area contributed by atoms with E-state index in [9.17, 15) is 4.79 Å². The van der Waals surface area contributed by atoms with Crippen molar-refractivity contribution in [2.45, 2.75) is 19.4 Å². The highest BCUT2D eigenvalue weighted by Gasteiger charge is 2.19. The highest BCUT2D eigenvalue weighted by Crippen LogP contribution is 2.27. The van der Waals surface area contributed by atoms with Crippen LogP contribution in [0.3, 0.4) is 0 Å². The Balaban J connectivity index is 0.00000243. The first-order valence-electron chi connectivity index (χ1n) is 8.25. The van der Waals surface area contributed by atoms with Gasteiger partial charge in [0.25, 0.3) is 0 Å². The van der Waals surface area contributed by atoms with Gasteiger partial charge in [-0.15, -0.1) is 12.4 Å². The van der Waals surface area contributed by atoms with E-state index in [1.54, 1.807) is 4.68 Å². The van der Waals surface area contributed by atoms with Crippen molar-refractivity contribution in [1.82, 2.24) is 9.78 Å². The van der Waals surface area contributed by atoms with Crippen molar-refractivity contribution in [3.05, 3.63) is 71.8 Å². The van der Waals surface area contributed by atoms with Crippen molar-refractivity contribution < 1.29 is 4.79 Å². The molecule has 3 N–H and O–H groups in total. The van der Waals surface area contributed by atoms with Crippen LogP contribution in [0.4, 0.5) is 5.82 Å². The van der Waals surface area contributed by atoms with E-state index in [-0.39, 0.29) is 18.3 Å². The molecule has 0 fully saturated rings. The minimum absolute atomic E-state index is 0. The molecule has 6 heteroatoms. The van der Waals surface area contributed by atoms with E-state index in [1.807, 2.05) is 74.6 Å². The Morgan fingerprint density at radius 3 is 2.31 bits per heavy atom. The van der Waals surface area contributed by atoms with Gasteiger partial charge >= 0.3 is 0 Å². The first kappa shape index (κ1) is 19.7. The van der Waals surface area contributed by atoms with Crippen LogP contribution in [0.5, 0.6) is 0 Å². The van der Waals surface area contributed by atoms with E-state index in [0.717, 1.165) is 22.4 Å². The molecule has 0 unspecified atom stereocenters. The number of carbonyl (C=O) groups is 1. The largest absolute Gasteiger partial charge is 0.320 e. The summed E-state index contributed by atoms with van der Waals surface area (Å²) in [6.07, 6.45) is 0.495. The summed E-state index contributed by atoms with van der Waals surface area (Å²) < 4.78 is 1.69. The van der Waals surface area contributed by atoms with Gasteiger partial charge in [0.2, 0.25) is 5.91 Å². The molecule has 5 nitrogen and oxygen atoms in total. The van der Waals surface area contributed by atoms with Crippen LogP contribution in [-0.2, 0) is 18.3 Å². The topological polar surface area (TPSA) is 72.9 Å². The van der Waals surface area contributed by atoms with Gasteiger partial charge in [0.05, 0.1) is 11.7 Å². The molecular weight excluding hydrogens is 348 g/mol. The lowest BCUT2D eigenvalue weighted by Crippen LogP contribution is -2.38. The number of hydrogen-bond donors (Lipinski definition) is 2. The minimum Gasteiger partial charge on any atom is -0.320 e. The van der Waals surface area contributed by atoms with E-state index in [0.29, 0.717) is 12.2 Å². The van der Waals surface area contributed by atoms with E-state index in [2.05, 4.69) is 10.4 Å². The maximum atomic E-state index is 12.5. The van der Waals surface area contributed by atoms with Crippen molar-refractivity contribution in [3.63, 3.8) is 0 Å². The van der Waals surface area contributed by atoms with Gasteiger partial charge in [-0.05, 0) is 18.9 Å². The number of benzene rings is 2. The molecule has 0 aliphatic carbocycles. The summed E-state index contributed by atoms with van der Waals surface area (Å²) in [5.41, 5.74) is 9.91. The maximum Gasteiger partial charge on any atom is 0.242 e. The number of rotatable bonds is 5. The number of aryl methyl sites for hydroxylation is 1. The van der Waals surface area contributed by atoms with Gasteiger partial charge in [-0.3, -0.25) is 9.48 Å². The molecule has 0 aliphatic rings. The van der Waals surface area contributed by atoms with Gasteiger partial charge in [0.15, 0.2) is 0 Å². The molecule has 0 spiro atoms. The molecule has 0 aliphatic heterocycles. The summed E-state index contributed by atoms with van der Waals surface area (Å²) in [4.78, 5) is 12.5. The second-order valence-electron chi connectivity index (χ2n) is 6.10. The first-order chi connectivity index (χ1) is 12.1. The third-order valence-electron chi connectivity index (χ3n) is 4.21. The fourth-order valence-corrected chi connectivity index (χ4v) is 2.84. The fourth-order valence-electron chi connectivity index (χ4n) is 2.84. The molecule has 2 aromatic carbocycles. The molecule has 3 rings (SSSR count). The van der Waals surface area contributed by atoms with Gasteiger partial charge in [0, 0.05) is 18.2 Å². The number of hydrogen-bond acceptors (Lipinski definition) is 3. The zero-order valence-corrected chi connectivity index (χ0v) is 15.7. The molecule has 26 heavy (non-hydrogen) atoms. The summed E-state index contributed by atoms with van der Waals surface area (Å²) in [6.45, 7) is 1.95. The average molecular weight is 371 g/mol. The zero-order valence-electron chi connectivity index (χ0n) is 14.8. The summed E-state index contributed by atoms with van der Waals surface area (Å²) in [6, 6.07) is 19.1. The third kappa shape index (κ3) is 4.31. The normalized spacial score (nSPS) is 11.5. The predicted octanol–water partition coefficient (Wildman–Crippen LogP) is 3.33. The predicted molar refractivity (Wildman–Crippen MR) is 107 cm³/mol. The number of amides is 1. The minimum atomic E-state index is -0.614. The molecule has 3 aromatic rings. The molecule has 1 heterocycles. The van der Waals surface area contributed by atoms with Crippen LogP contribution in [0.2, 0.25) is 0 Å². The standard InChI is InChI=1S/C20H22N4O.ClH/c1-14-18(16-11-7-4-8-12-16)23-24(2)19(14)22-20(25)17(21)13-15-9-5-3-6-10-15;/h3-12,17H,13,21H2,1-2H3,(H,22,25);1H/t17-;/m1./s1. The molecule has 1 aromatic heterocycles. The highest BCUT2D eigenvalue weighted by atomic mass is 35.5. The van der Waals surface area contributed by atoms with Crippen LogP contribution in [0.1, 0.15) is 11.1 Å². The van der Waals surface area contributed by atoms with E-state index in [4.69, 9.17) is 5.73 Å². The van der Waals surface area contributed by atoms with E-state index in [1.165, 1.54) is 0 Å². The lowest BCUT2D eigenvalue weighted by molar-refractivity contribution is -0.117. The Labute approximate surface area is 159 Å². The van der Waals surface area contributed by atoms with Crippen molar-refractivity contribution in [3.8, 4) is 11.3 Å². The smallest absolute Gasteiger partial charge is 0.242 e. The van der Waals surface area contributed by atoms with Crippen molar-refractivity contribution in [2.75, 3.05) is 5.32 Å². The van der Waals surface area contributed by atoms with Gasteiger partial charge in [-0.2, -0.15) is 5.10 Å². The summed E-state index contributed by atoms with van der Waals surface area (Å²) in [5, 5.41) is 7.46. The van der Waals surface area contributed by atoms with E-state index >= 15 is 0 Å². The van der Waals surface area contributed by atoms with Crippen LogP contribution in [0.15, 0.2) is 60.7 Å². The third-order valence-corrected chi connectivity index (χ3v) is 4.21. The molecule has 0 radical (unpaired) electrons. The second-order valence-corrected chi connectivity index (χ2v) is 6.10. The maximum absolute atomic E-state index is 12.5. The zero-order chi connectivity index (χ0) is 17.8. The Morgan fingerprint density at radius 2 is 1.69 bits per heavy atom. The van der Waals surface area contributed by atoms with Gasteiger partial charge in [-0.1, -0.05) is 60.7 Å². The molecule has 136 valence electrons. The van der Waals surface area contributed by atoms with Crippen LogP contribution >= 0.6 is 12.4 Å². The number of aromatic nitrogens is 2. The highest BCUT2D eigenvalue weighted by molar-refractivity contribution is 5.95. The number of halogens is 1. The Bertz CT molecular complexity index is 862. The number of nitrogens with two attached hydrogens (primary N) is 1. The van der Waals surface area contributed by atoms with Gasteiger partial charge < -0.3 is 11.1 Å². The molecule has 0 saturated heterocycles. The monoisotopic (exact) mass is 370 g/mol. The number of anilines is 1. The Morgan fingerprint density at radius 1 is 1.12 bits per heavy atom. The lowest BCUT2D eigenvalue weighted by atomic mass is 10.1. The molecule has 1 amide bonds. The lowest BCUT2D eigenvalue weighted by Gasteiger charge is -2.13. The Hall–Kier alpha value is -2.63. The van der Waals surface area contributed by atoms with Crippen molar-refractivity contribution >= 4 is 24.1 Å². The van der Waals surface area contributed by atoms with Crippen LogP contribution in [0.25, 0.3) is 11.3 Å². The van der Waals surface area contributed by atoms with Crippen LogP contribution in [0, 0.1) is 6.92 Å². The molecule has 1 atom stereocenters. The first-order valence-corrected chi connectivity index (χ1v) is 8.25. The average Bonchev–Trinajstić information content (AvgIpc) is 2.91. The fraction of sp³-hybridized carbons (Fsp3) is 0.200. The second kappa shape index (κ2) is 8.65. The molecule has 0 saturated carbocycles. The van der Waals surface area contributed by atoms with Gasteiger partial charge in [-0.25, -0.2) is 0 Å². The van der Waals surface area contributed by atoms with Crippen molar-refractivity contribution in [1.29, 1.82) is 0 Å².